The van der Waals surface area contributed by atoms with Crippen molar-refractivity contribution in [3.63, 3.8) is 0 Å². The van der Waals surface area contributed by atoms with E-state index in [1.54, 1.807) is 0 Å². The Hall–Kier alpha value is -1.32. The molecule has 0 bridgehead atoms. The number of hydrogen-bond donors (Lipinski definition) is 0. The summed E-state index contributed by atoms with van der Waals surface area (Å²) in [5, 5.41) is 18.5. The number of hydrogen-bond acceptors (Lipinski definition) is 2. The highest BCUT2D eigenvalue weighted by Gasteiger charge is 2.18. The highest BCUT2D eigenvalue weighted by molar-refractivity contribution is 9.10. The molecular formula is C17H21BrN2. The summed E-state index contributed by atoms with van der Waals surface area (Å²) < 4.78 is 0.855. The predicted octanol–water partition coefficient (Wildman–Crippen LogP) is 4.78. The SMILES string of the molecule is CC(C)Cc1cc(Br)c(C#N)c(CC(C)C)c1CC#N. The Morgan fingerprint density at radius 1 is 1.05 bits per heavy atom. The average Bonchev–Trinajstić information content (AvgIpc) is 2.32. The third kappa shape index (κ3) is 4.09. The zero-order valence-electron chi connectivity index (χ0n) is 12.6. The predicted molar refractivity (Wildman–Crippen MR) is 85.3 cm³/mol. The first-order valence-corrected chi connectivity index (χ1v) is 7.80. The van der Waals surface area contributed by atoms with Crippen LogP contribution in [0.4, 0.5) is 0 Å². The summed E-state index contributed by atoms with van der Waals surface area (Å²) >= 11 is 3.52. The van der Waals surface area contributed by atoms with E-state index >= 15 is 0 Å². The van der Waals surface area contributed by atoms with Crippen LogP contribution in [0.25, 0.3) is 0 Å². The van der Waals surface area contributed by atoms with E-state index in [9.17, 15) is 5.26 Å². The topological polar surface area (TPSA) is 47.6 Å². The largest absolute Gasteiger partial charge is 0.198 e. The maximum Gasteiger partial charge on any atom is 0.101 e. The molecule has 0 aliphatic heterocycles. The van der Waals surface area contributed by atoms with Crippen LogP contribution in [0.2, 0.25) is 0 Å². The molecule has 0 N–H and O–H groups in total. The van der Waals surface area contributed by atoms with Crippen molar-refractivity contribution < 1.29 is 0 Å². The van der Waals surface area contributed by atoms with Gasteiger partial charge in [0.05, 0.1) is 18.1 Å². The van der Waals surface area contributed by atoms with Crippen LogP contribution in [-0.4, -0.2) is 0 Å². The number of halogens is 1. The fraction of sp³-hybridized carbons (Fsp3) is 0.529. The monoisotopic (exact) mass is 332 g/mol. The second-order valence-corrected chi connectivity index (χ2v) is 6.85. The van der Waals surface area contributed by atoms with Crippen LogP contribution < -0.4 is 0 Å². The van der Waals surface area contributed by atoms with Crippen LogP contribution in [0.3, 0.4) is 0 Å². The molecule has 20 heavy (non-hydrogen) atoms. The van der Waals surface area contributed by atoms with E-state index in [-0.39, 0.29) is 0 Å². The first kappa shape index (κ1) is 16.7. The molecule has 106 valence electrons. The van der Waals surface area contributed by atoms with E-state index in [1.807, 2.05) is 6.07 Å². The lowest BCUT2D eigenvalue weighted by Crippen LogP contribution is -2.09. The van der Waals surface area contributed by atoms with Crippen LogP contribution in [0.5, 0.6) is 0 Å². The van der Waals surface area contributed by atoms with Gasteiger partial charge in [-0.15, -0.1) is 0 Å². The Morgan fingerprint density at radius 2 is 1.65 bits per heavy atom. The van der Waals surface area contributed by atoms with E-state index in [1.165, 1.54) is 5.56 Å². The summed E-state index contributed by atoms with van der Waals surface area (Å²) in [6.07, 6.45) is 2.16. The van der Waals surface area contributed by atoms with Gasteiger partial charge in [0.2, 0.25) is 0 Å². The summed E-state index contributed by atoms with van der Waals surface area (Å²) in [6, 6.07) is 6.57. The number of nitriles is 2. The highest BCUT2D eigenvalue weighted by Crippen LogP contribution is 2.30. The summed E-state index contributed by atoms with van der Waals surface area (Å²) in [4.78, 5) is 0. The third-order valence-electron chi connectivity index (χ3n) is 3.20. The summed E-state index contributed by atoms with van der Waals surface area (Å²) in [5.74, 6) is 0.986. The fourth-order valence-corrected chi connectivity index (χ4v) is 3.08. The van der Waals surface area contributed by atoms with Crippen LogP contribution in [0.1, 0.15) is 49.9 Å². The van der Waals surface area contributed by atoms with Crippen molar-refractivity contribution in [1.29, 1.82) is 10.5 Å². The van der Waals surface area contributed by atoms with E-state index < -0.39 is 0 Å². The van der Waals surface area contributed by atoms with Gasteiger partial charge in [0, 0.05) is 4.47 Å². The Kier molecular flexibility index (Phi) is 6.24. The van der Waals surface area contributed by atoms with Crippen molar-refractivity contribution >= 4 is 15.9 Å². The molecule has 0 amide bonds. The zero-order valence-corrected chi connectivity index (χ0v) is 14.2. The number of rotatable bonds is 5. The van der Waals surface area contributed by atoms with Crippen molar-refractivity contribution in [3.05, 3.63) is 32.8 Å². The van der Waals surface area contributed by atoms with Gasteiger partial charge in [-0.2, -0.15) is 10.5 Å². The maximum absolute atomic E-state index is 9.41. The molecule has 0 radical (unpaired) electrons. The van der Waals surface area contributed by atoms with Crippen LogP contribution in [-0.2, 0) is 19.3 Å². The molecule has 0 spiro atoms. The van der Waals surface area contributed by atoms with Crippen molar-refractivity contribution in [2.75, 3.05) is 0 Å². The van der Waals surface area contributed by atoms with Gasteiger partial charge >= 0.3 is 0 Å². The lowest BCUT2D eigenvalue weighted by molar-refractivity contribution is 0.628. The molecule has 0 fully saturated rings. The molecule has 1 rings (SSSR count). The van der Waals surface area contributed by atoms with Crippen LogP contribution in [0.15, 0.2) is 10.5 Å². The maximum atomic E-state index is 9.41. The molecule has 1 aromatic carbocycles. The molecule has 0 unspecified atom stereocenters. The van der Waals surface area contributed by atoms with E-state index in [0.717, 1.165) is 28.4 Å². The number of benzene rings is 1. The van der Waals surface area contributed by atoms with Crippen molar-refractivity contribution in [1.82, 2.24) is 0 Å². The number of nitrogens with zero attached hydrogens (tertiary/aromatic N) is 2. The lowest BCUT2D eigenvalue weighted by atomic mass is 9.86. The Balaban J connectivity index is 3.51. The fourth-order valence-electron chi connectivity index (χ4n) is 2.48. The minimum atomic E-state index is 0.381. The van der Waals surface area contributed by atoms with Gasteiger partial charge in [-0.3, -0.25) is 0 Å². The average molecular weight is 333 g/mol. The van der Waals surface area contributed by atoms with Gasteiger partial charge < -0.3 is 0 Å². The second kappa shape index (κ2) is 7.46. The molecule has 0 aromatic heterocycles. The van der Waals surface area contributed by atoms with Gasteiger partial charge in [-0.1, -0.05) is 27.7 Å². The van der Waals surface area contributed by atoms with Crippen LogP contribution in [0, 0.1) is 34.5 Å². The van der Waals surface area contributed by atoms with Gasteiger partial charge in [-0.25, -0.2) is 0 Å². The Bertz CT molecular complexity index is 560. The lowest BCUT2D eigenvalue weighted by Gasteiger charge is -2.18. The quantitative estimate of drug-likeness (QED) is 0.778. The van der Waals surface area contributed by atoms with Crippen molar-refractivity contribution in [2.45, 2.75) is 47.0 Å². The molecule has 0 aliphatic carbocycles. The molecule has 3 heteroatoms. The molecule has 0 heterocycles. The standard InChI is InChI=1S/C17H21BrN2/c1-11(2)7-13-9-17(18)16(10-20)15(8-12(3)4)14(13)5-6-19/h9,11-12H,5,7-8H2,1-4H3. The Morgan fingerprint density at radius 3 is 2.10 bits per heavy atom. The van der Waals surface area contributed by atoms with Gasteiger partial charge in [0.15, 0.2) is 0 Å². The van der Waals surface area contributed by atoms with Crippen molar-refractivity contribution in [3.8, 4) is 12.1 Å². The summed E-state index contributed by atoms with van der Waals surface area (Å²) in [5.41, 5.74) is 4.00. The Labute approximate surface area is 130 Å². The van der Waals surface area contributed by atoms with E-state index in [0.29, 0.717) is 23.8 Å². The first-order valence-electron chi connectivity index (χ1n) is 7.00. The summed E-state index contributed by atoms with van der Waals surface area (Å²) in [6.45, 7) is 8.62. The van der Waals surface area contributed by atoms with Gasteiger partial charge in [0.25, 0.3) is 0 Å². The molecule has 1 aromatic rings. The van der Waals surface area contributed by atoms with Gasteiger partial charge in [0.1, 0.15) is 6.07 Å². The molecule has 0 saturated heterocycles. The van der Waals surface area contributed by atoms with Crippen molar-refractivity contribution in [2.24, 2.45) is 11.8 Å². The molecule has 0 saturated carbocycles. The third-order valence-corrected chi connectivity index (χ3v) is 3.83. The second-order valence-electron chi connectivity index (χ2n) is 5.99. The van der Waals surface area contributed by atoms with Gasteiger partial charge in [-0.05, 0) is 63.4 Å². The molecule has 2 nitrogen and oxygen atoms in total. The summed E-state index contributed by atoms with van der Waals surface area (Å²) in [7, 11) is 0. The molecule has 0 aliphatic rings. The zero-order chi connectivity index (χ0) is 15.3. The minimum absolute atomic E-state index is 0.381. The van der Waals surface area contributed by atoms with E-state index in [2.05, 4.69) is 55.8 Å². The highest BCUT2D eigenvalue weighted by atomic mass is 79.9. The molecule has 0 atom stereocenters. The van der Waals surface area contributed by atoms with E-state index in [4.69, 9.17) is 5.26 Å². The van der Waals surface area contributed by atoms with Crippen LogP contribution >= 0.6 is 15.9 Å². The first-order chi connectivity index (χ1) is 9.40. The molecular weight excluding hydrogens is 312 g/mol. The minimum Gasteiger partial charge on any atom is -0.198 e. The normalized spacial score (nSPS) is 10.7. The smallest absolute Gasteiger partial charge is 0.101 e.